The van der Waals surface area contributed by atoms with Crippen molar-refractivity contribution in [2.75, 3.05) is 25.9 Å². The second-order valence-electron chi connectivity index (χ2n) is 6.98. The van der Waals surface area contributed by atoms with Gasteiger partial charge in [-0.2, -0.15) is 0 Å². The number of amides is 1. The van der Waals surface area contributed by atoms with Crippen LogP contribution in [0.4, 0.5) is 10.2 Å². The lowest BCUT2D eigenvalue weighted by Gasteiger charge is -2.26. The first kappa shape index (κ1) is 20.0. The summed E-state index contributed by atoms with van der Waals surface area (Å²) in [5.41, 5.74) is 5.71. The Kier molecular flexibility index (Phi) is 6.41. The number of carbonyl (C=O) groups excluding carboxylic acids is 1. The molecule has 1 aliphatic heterocycles. The number of nitrogens with zero attached hydrogens (tertiary/aromatic N) is 4. The van der Waals surface area contributed by atoms with Crippen LogP contribution >= 0.6 is 0 Å². The molecule has 1 aliphatic rings. The largest absolute Gasteiger partial charge is 0.478 e. The van der Waals surface area contributed by atoms with Crippen LogP contribution in [-0.2, 0) is 11.3 Å². The van der Waals surface area contributed by atoms with Gasteiger partial charge in [-0.15, -0.1) is 0 Å². The Morgan fingerprint density at radius 3 is 2.93 bits per heavy atom. The van der Waals surface area contributed by atoms with Gasteiger partial charge in [0, 0.05) is 25.3 Å². The third-order valence-electron chi connectivity index (χ3n) is 4.97. The number of nitrogen functional groups attached to an aromatic ring is 1. The molecule has 7 nitrogen and oxygen atoms in total. The Hall–Kier alpha value is -2.74. The fourth-order valence-corrected chi connectivity index (χ4v) is 3.35. The number of carbonyl (C=O) groups is 1. The monoisotopic (exact) mass is 387 g/mol. The first-order valence-corrected chi connectivity index (χ1v) is 9.45. The van der Waals surface area contributed by atoms with E-state index in [0.717, 1.165) is 6.42 Å². The lowest BCUT2D eigenvalue weighted by molar-refractivity contribution is -0.138. The zero-order valence-corrected chi connectivity index (χ0v) is 16.2. The van der Waals surface area contributed by atoms with E-state index in [2.05, 4.69) is 14.9 Å². The van der Waals surface area contributed by atoms with Crippen LogP contribution < -0.4 is 10.5 Å². The van der Waals surface area contributed by atoms with Gasteiger partial charge in [0.25, 0.3) is 5.91 Å². The van der Waals surface area contributed by atoms with Crippen molar-refractivity contribution < 1.29 is 13.9 Å². The van der Waals surface area contributed by atoms with Crippen molar-refractivity contribution >= 4 is 11.7 Å². The molecule has 3 rings (SSSR count). The summed E-state index contributed by atoms with van der Waals surface area (Å²) in [4.78, 5) is 25.3. The topological polar surface area (TPSA) is 84.6 Å². The Bertz CT molecular complexity index is 819. The molecule has 0 unspecified atom stereocenters. The van der Waals surface area contributed by atoms with Crippen LogP contribution in [0.1, 0.15) is 25.6 Å². The SMILES string of the molecule is CC[C@@H](Oc1ccccc1F)C(=O)N1CC[C@H](N(C)Cc2nccc(N)n2)C1. The summed E-state index contributed by atoms with van der Waals surface area (Å²) in [6.45, 7) is 3.65. The van der Waals surface area contributed by atoms with Crippen LogP contribution in [0.2, 0.25) is 0 Å². The number of likely N-dealkylation sites (tertiary alicyclic amines) is 1. The van der Waals surface area contributed by atoms with Crippen LogP contribution in [0.5, 0.6) is 5.75 Å². The van der Waals surface area contributed by atoms with Crippen molar-refractivity contribution in [1.82, 2.24) is 19.8 Å². The second-order valence-corrected chi connectivity index (χ2v) is 6.98. The number of nitrogens with two attached hydrogens (primary N) is 1. The maximum atomic E-state index is 13.9. The Labute approximate surface area is 164 Å². The van der Waals surface area contributed by atoms with E-state index in [-0.39, 0.29) is 17.7 Å². The number of anilines is 1. The number of ether oxygens (including phenoxy) is 1. The van der Waals surface area contributed by atoms with E-state index >= 15 is 0 Å². The zero-order chi connectivity index (χ0) is 20.1. The fourth-order valence-electron chi connectivity index (χ4n) is 3.35. The van der Waals surface area contributed by atoms with Gasteiger partial charge in [0.2, 0.25) is 0 Å². The van der Waals surface area contributed by atoms with Gasteiger partial charge < -0.3 is 15.4 Å². The maximum absolute atomic E-state index is 13.9. The van der Waals surface area contributed by atoms with Crippen LogP contribution in [0.25, 0.3) is 0 Å². The molecular weight excluding hydrogens is 361 g/mol. The molecule has 0 radical (unpaired) electrons. The van der Waals surface area contributed by atoms with Gasteiger partial charge in [0.1, 0.15) is 11.6 Å². The van der Waals surface area contributed by atoms with Crippen LogP contribution in [0.3, 0.4) is 0 Å². The van der Waals surface area contributed by atoms with E-state index in [4.69, 9.17) is 10.5 Å². The van der Waals surface area contributed by atoms with E-state index in [9.17, 15) is 9.18 Å². The van der Waals surface area contributed by atoms with Crippen molar-refractivity contribution in [3.63, 3.8) is 0 Å². The van der Waals surface area contributed by atoms with Crippen molar-refractivity contribution in [1.29, 1.82) is 0 Å². The van der Waals surface area contributed by atoms with Gasteiger partial charge in [0.15, 0.2) is 17.7 Å². The molecule has 150 valence electrons. The summed E-state index contributed by atoms with van der Waals surface area (Å²) in [5.74, 6) is 0.630. The summed E-state index contributed by atoms with van der Waals surface area (Å²) in [6.07, 6.45) is 2.27. The van der Waals surface area contributed by atoms with Gasteiger partial charge in [-0.25, -0.2) is 14.4 Å². The molecule has 2 heterocycles. The molecule has 1 saturated heterocycles. The molecule has 0 saturated carbocycles. The van der Waals surface area contributed by atoms with E-state index in [1.807, 2.05) is 14.0 Å². The van der Waals surface area contributed by atoms with Crippen molar-refractivity contribution in [3.05, 3.63) is 48.2 Å². The lowest BCUT2D eigenvalue weighted by Crippen LogP contribution is -2.42. The van der Waals surface area contributed by atoms with E-state index in [1.165, 1.54) is 12.1 Å². The minimum absolute atomic E-state index is 0.106. The molecule has 1 fully saturated rings. The summed E-state index contributed by atoms with van der Waals surface area (Å²) in [7, 11) is 1.98. The average molecular weight is 387 g/mol. The van der Waals surface area contributed by atoms with Gasteiger partial charge in [0.05, 0.1) is 6.54 Å². The lowest BCUT2D eigenvalue weighted by atomic mass is 10.2. The number of hydrogen-bond donors (Lipinski definition) is 1. The Morgan fingerprint density at radius 1 is 1.43 bits per heavy atom. The second kappa shape index (κ2) is 8.97. The summed E-state index contributed by atoms with van der Waals surface area (Å²) in [5, 5.41) is 0. The molecule has 1 aromatic carbocycles. The first-order valence-electron chi connectivity index (χ1n) is 9.45. The number of rotatable bonds is 7. The number of aromatic nitrogens is 2. The number of likely N-dealkylation sites (N-methyl/N-ethyl adjacent to an activating group) is 1. The smallest absolute Gasteiger partial charge is 0.263 e. The average Bonchev–Trinajstić information content (AvgIpc) is 3.17. The molecule has 1 aromatic heterocycles. The highest BCUT2D eigenvalue weighted by Crippen LogP contribution is 2.22. The molecule has 1 amide bonds. The van der Waals surface area contributed by atoms with Crippen LogP contribution in [0.15, 0.2) is 36.5 Å². The van der Waals surface area contributed by atoms with Crippen LogP contribution in [0, 0.1) is 5.82 Å². The highest BCUT2D eigenvalue weighted by atomic mass is 19.1. The maximum Gasteiger partial charge on any atom is 0.263 e. The van der Waals surface area contributed by atoms with E-state index in [0.29, 0.717) is 37.7 Å². The molecule has 2 atom stereocenters. The van der Waals surface area contributed by atoms with Gasteiger partial charge in [-0.05, 0) is 38.1 Å². The Morgan fingerprint density at radius 2 is 2.21 bits per heavy atom. The molecule has 28 heavy (non-hydrogen) atoms. The zero-order valence-electron chi connectivity index (χ0n) is 16.2. The number of benzene rings is 1. The predicted molar refractivity (Wildman–Crippen MR) is 104 cm³/mol. The number of para-hydroxylation sites is 1. The third-order valence-corrected chi connectivity index (χ3v) is 4.97. The van der Waals surface area contributed by atoms with E-state index < -0.39 is 11.9 Å². The minimum Gasteiger partial charge on any atom is -0.478 e. The fraction of sp³-hybridized carbons (Fsp3) is 0.450. The summed E-state index contributed by atoms with van der Waals surface area (Å²) < 4.78 is 19.5. The number of hydrogen-bond acceptors (Lipinski definition) is 6. The molecule has 2 N–H and O–H groups in total. The Balaban J connectivity index is 1.58. The van der Waals surface area contributed by atoms with Gasteiger partial charge >= 0.3 is 0 Å². The molecule has 0 spiro atoms. The quantitative estimate of drug-likeness (QED) is 0.783. The van der Waals surface area contributed by atoms with Gasteiger partial charge in [-0.3, -0.25) is 9.69 Å². The van der Waals surface area contributed by atoms with Crippen LogP contribution in [-0.4, -0.2) is 58.0 Å². The molecule has 2 aromatic rings. The highest BCUT2D eigenvalue weighted by Gasteiger charge is 2.33. The molecule has 0 bridgehead atoms. The first-order chi connectivity index (χ1) is 13.5. The minimum atomic E-state index is -0.696. The molecule has 0 aliphatic carbocycles. The summed E-state index contributed by atoms with van der Waals surface area (Å²) >= 11 is 0. The van der Waals surface area contributed by atoms with Crippen molar-refractivity contribution in [3.8, 4) is 5.75 Å². The normalized spacial score (nSPS) is 17.7. The molecular formula is C20H26FN5O2. The standard InChI is InChI=1S/C20H26FN5O2/c1-3-16(28-17-7-5-4-6-15(17)21)20(27)26-11-9-14(12-26)25(2)13-19-23-10-8-18(22)24-19/h4-8,10,14,16H,3,9,11-13H2,1-2H3,(H2,22,23,24)/t14-,16+/m0/s1. The van der Waals surface area contributed by atoms with Crippen molar-refractivity contribution in [2.45, 2.75) is 38.5 Å². The predicted octanol–water partition coefficient (Wildman–Crippen LogP) is 2.09. The van der Waals surface area contributed by atoms with Gasteiger partial charge in [-0.1, -0.05) is 19.1 Å². The van der Waals surface area contributed by atoms with Crippen molar-refractivity contribution in [2.24, 2.45) is 0 Å². The molecule has 8 heteroatoms. The summed E-state index contributed by atoms with van der Waals surface area (Å²) in [6, 6.07) is 7.99. The van der Waals surface area contributed by atoms with E-state index in [1.54, 1.807) is 29.3 Å². The highest BCUT2D eigenvalue weighted by molar-refractivity contribution is 5.81. The third kappa shape index (κ3) is 4.75. The number of halogens is 1.